The molecule has 1 aromatic carbocycles. The quantitative estimate of drug-likeness (QED) is 0.688. The molecule has 0 saturated carbocycles. The van der Waals surface area contributed by atoms with E-state index in [0.717, 1.165) is 0 Å². The van der Waals surface area contributed by atoms with Gasteiger partial charge in [-0.05, 0) is 35.9 Å². The van der Waals surface area contributed by atoms with E-state index in [4.69, 9.17) is 39.5 Å². The minimum absolute atomic E-state index is 0.0496. The fraction of sp³-hybridized carbons (Fsp3) is 0.0833. The second-order valence-corrected chi connectivity index (χ2v) is 4.80. The Hall–Kier alpha value is -1.56. The summed E-state index contributed by atoms with van der Waals surface area (Å²) in [5.74, 6) is 0.341. The maximum Gasteiger partial charge on any atom is 0.263 e. The van der Waals surface area contributed by atoms with Crippen molar-refractivity contribution in [3.63, 3.8) is 0 Å². The highest BCUT2D eigenvalue weighted by molar-refractivity contribution is 6.32. The van der Waals surface area contributed by atoms with Crippen molar-refractivity contribution in [2.45, 2.75) is 0 Å². The molecule has 2 rings (SSSR count). The van der Waals surface area contributed by atoms with Gasteiger partial charge in [-0.1, -0.05) is 23.2 Å². The van der Waals surface area contributed by atoms with Crippen molar-refractivity contribution in [3.8, 4) is 5.75 Å². The van der Waals surface area contributed by atoms with Crippen LogP contribution in [0.1, 0.15) is 0 Å². The summed E-state index contributed by atoms with van der Waals surface area (Å²) in [6, 6.07) is 8.03. The van der Waals surface area contributed by atoms with Gasteiger partial charge in [-0.15, -0.1) is 0 Å². The molecular formula is C12H8Cl3N3O2. The molecule has 2 aromatic rings. The molecule has 5 nitrogen and oxygen atoms in total. The van der Waals surface area contributed by atoms with Gasteiger partial charge in [0.2, 0.25) is 5.28 Å². The van der Waals surface area contributed by atoms with E-state index < -0.39 is 5.91 Å². The number of nitrogens with zero attached hydrogens (tertiary/aromatic N) is 2. The fourth-order valence-electron chi connectivity index (χ4n) is 1.31. The summed E-state index contributed by atoms with van der Waals surface area (Å²) < 4.78 is 5.28. The monoisotopic (exact) mass is 331 g/mol. The molecule has 0 aliphatic rings. The molecule has 1 amide bonds. The highest BCUT2D eigenvalue weighted by atomic mass is 35.5. The summed E-state index contributed by atoms with van der Waals surface area (Å²) in [5, 5.41) is 3.17. The van der Waals surface area contributed by atoms with Crippen molar-refractivity contribution >= 4 is 46.5 Å². The predicted octanol–water partition coefficient (Wildman–Crippen LogP) is 3.45. The first-order chi connectivity index (χ1) is 9.52. The summed E-state index contributed by atoms with van der Waals surface area (Å²) in [4.78, 5) is 19.1. The average molecular weight is 333 g/mol. The molecule has 0 spiro atoms. The molecule has 1 aromatic heterocycles. The SMILES string of the molecule is O=C(COc1ccc(Cl)cc1)Nc1cc(Cl)nc(Cl)n1. The van der Waals surface area contributed by atoms with Gasteiger partial charge in [0.15, 0.2) is 6.61 Å². The number of carbonyl (C=O) groups is 1. The second-order valence-electron chi connectivity index (χ2n) is 3.64. The summed E-state index contributed by atoms with van der Waals surface area (Å²) >= 11 is 17.0. The Morgan fingerprint density at radius 2 is 1.85 bits per heavy atom. The molecule has 0 radical (unpaired) electrons. The van der Waals surface area contributed by atoms with E-state index in [1.807, 2.05) is 0 Å². The lowest BCUT2D eigenvalue weighted by Crippen LogP contribution is -2.20. The Morgan fingerprint density at radius 1 is 1.15 bits per heavy atom. The topological polar surface area (TPSA) is 64.1 Å². The van der Waals surface area contributed by atoms with Gasteiger partial charge in [0, 0.05) is 11.1 Å². The molecule has 0 unspecified atom stereocenters. The first-order valence-electron chi connectivity index (χ1n) is 5.41. The van der Waals surface area contributed by atoms with Gasteiger partial charge >= 0.3 is 0 Å². The summed E-state index contributed by atoms with van der Waals surface area (Å²) in [6.07, 6.45) is 0. The normalized spacial score (nSPS) is 10.2. The molecule has 0 bridgehead atoms. The summed E-state index contributed by atoms with van der Waals surface area (Å²) in [6.45, 7) is -0.180. The molecule has 1 N–H and O–H groups in total. The molecule has 20 heavy (non-hydrogen) atoms. The van der Waals surface area contributed by atoms with Crippen molar-refractivity contribution in [3.05, 3.63) is 45.8 Å². The first-order valence-corrected chi connectivity index (χ1v) is 6.54. The van der Waals surface area contributed by atoms with E-state index in [9.17, 15) is 4.79 Å². The third kappa shape index (κ3) is 4.52. The van der Waals surface area contributed by atoms with Gasteiger partial charge in [0.1, 0.15) is 16.7 Å². The van der Waals surface area contributed by atoms with Crippen LogP contribution in [0.25, 0.3) is 0 Å². The van der Waals surface area contributed by atoms with Crippen LogP contribution in [-0.2, 0) is 4.79 Å². The predicted molar refractivity (Wildman–Crippen MR) is 77.6 cm³/mol. The maximum atomic E-state index is 11.7. The smallest absolute Gasteiger partial charge is 0.263 e. The number of carbonyl (C=O) groups excluding carboxylic acids is 1. The second kappa shape index (κ2) is 6.74. The highest BCUT2D eigenvalue weighted by Gasteiger charge is 2.07. The van der Waals surface area contributed by atoms with Gasteiger partial charge in [-0.25, -0.2) is 9.97 Å². The van der Waals surface area contributed by atoms with E-state index in [0.29, 0.717) is 10.8 Å². The third-order valence-electron chi connectivity index (χ3n) is 2.12. The molecule has 0 aliphatic heterocycles. The van der Waals surface area contributed by atoms with E-state index in [1.165, 1.54) is 6.07 Å². The van der Waals surface area contributed by atoms with Crippen LogP contribution in [0.3, 0.4) is 0 Å². The van der Waals surface area contributed by atoms with Crippen LogP contribution in [0.5, 0.6) is 5.75 Å². The van der Waals surface area contributed by atoms with Crippen molar-refractivity contribution < 1.29 is 9.53 Å². The molecule has 8 heteroatoms. The number of benzene rings is 1. The van der Waals surface area contributed by atoms with Crippen LogP contribution in [-0.4, -0.2) is 22.5 Å². The van der Waals surface area contributed by atoms with E-state index >= 15 is 0 Å². The molecular weight excluding hydrogens is 325 g/mol. The van der Waals surface area contributed by atoms with Crippen molar-refractivity contribution in [2.24, 2.45) is 0 Å². The summed E-state index contributed by atoms with van der Waals surface area (Å²) in [5.41, 5.74) is 0. The lowest BCUT2D eigenvalue weighted by atomic mass is 10.3. The number of hydrogen-bond donors (Lipinski definition) is 1. The molecule has 0 fully saturated rings. The average Bonchev–Trinajstić information content (AvgIpc) is 2.37. The largest absolute Gasteiger partial charge is 0.484 e. The van der Waals surface area contributed by atoms with Gasteiger partial charge in [-0.2, -0.15) is 0 Å². The molecule has 0 atom stereocenters. The van der Waals surface area contributed by atoms with Crippen molar-refractivity contribution in [1.82, 2.24) is 9.97 Å². The Bertz CT molecular complexity index is 600. The lowest BCUT2D eigenvalue weighted by Gasteiger charge is -2.07. The van der Waals surface area contributed by atoms with E-state index in [-0.39, 0.29) is 22.9 Å². The van der Waals surface area contributed by atoms with Gasteiger partial charge < -0.3 is 10.1 Å². The van der Waals surface area contributed by atoms with Crippen LogP contribution >= 0.6 is 34.8 Å². The zero-order valence-corrected chi connectivity index (χ0v) is 12.2. The molecule has 0 aliphatic carbocycles. The summed E-state index contributed by atoms with van der Waals surface area (Å²) in [7, 11) is 0. The highest BCUT2D eigenvalue weighted by Crippen LogP contribution is 2.16. The number of hydrogen-bond acceptors (Lipinski definition) is 4. The number of aromatic nitrogens is 2. The number of anilines is 1. The number of nitrogens with one attached hydrogen (secondary N) is 1. The fourth-order valence-corrected chi connectivity index (χ4v) is 1.85. The first kappa shape index (κ1) is 14.8. The Morgan fingerprint density at radius 3 is 2.50 bits per heavy atom. The van der Waals surface area contributed by atoms with Crippen LogP contribution in [0.15, 0.2) is 30.3 Å². The zero-order chi connectivity index (χ0) is 14.5. The minimum atomic E-state index is -0.397. The van der Waals surface area contributed by atoms with E-state index in [2.05, 4.69) is 15.3 Å². The standard InChI is InChI=1S/C12H8Cl3N3O2/c13-7-1-3-8(4-2-7)20-6-11(19)17-10-5-9(14)16-12(15)18-10/h1-5H,6H2,(H,16,17,18,19). The Labute approximate surface area is 129 Å². The molecule has 0 saturated heterocycles. The minimum Gasteiger partial charge on any atom is -0.484 e. The Balaban J connectivity index is 1.90. The third-order valence-corrected chi connectivity index (χ3v) is 2.73. The lowest BCUT2D eigenvalue weighted by molar-refractivity contribution is -0.118. The van der Waals surface area contributed by atoms with Crippen LogP contribution in [0.4, 0.5) is 5.82 Å². The van der Waals surface area contributed by atoms with Crippen molar-refractivity contribution in [1.29, 1.82) is 0 Å². The van der Waals surface area contributed by atoms with Crippen LogP contribution in [0, 0.1) is 0 Å². The van der Waals surface area contributed by atoms with Gasteiger partial charge in [-0.3, -0.25) is 4.79 Å². The molecule has 1 heterocycles. The number of ether oxygens (including phenoxy) is 1. The maximum absolute atomic E-state index is 11.7. The number of amides is 1. The molecule has 104 valence electrons. The van der Waals surface area contributed by atoms with Crippen LogP contribution < -0.4 is 10.1 Å². The number of halogens is 3. The van der Waals surface area contributed by atoms with E-state index in [1.54, 1.807) is 24.3 Å². The van der Waals surface area contributed by atoms with Gasteiger partial charge in [0.05, 0.1) is 0 Å². The number of rotatable bonds is 4. The zero-order valence-electron chi connectivity index (χ0n) is 9.94. The van der Waals surface area contributed by atoms with Crippen LogP contribution in [0.2, 0.25) is 15.5 Å². The Kier molecular flexibility index (Phi) is 5.00. The van der Waals surface area contributed by atoms with Crippen molar-refractivity contribution in [2.75, 3.05) is 11.9 Å². The van der Waals surface area contributed by atoms with Gasteiger partial charge in [0.25, 0.3) is 5.91 Å².